The Labute approximate surface area is 103 Å². The summed E-state index contributed by atoms with van der Waals surface area (Å²) < 4.78 is 0. The fourth-order valence-corrected chi connectivity index (χ4v) is 1.89. The van der Waals surface area contributed by atoms with Crippen molar-refractivity contribution in [1.82, 2.24) is 0 Å². The van der Waals surface area contributed by atoms with E-state index in [2.05, 4.69) is 25.1 Å². The lowest BCUT2D eigenvalue weighted by Gasteiger charge is -2.32. The molecule has 4 nitrogen and oxygen atoms in total. The molecule has 2 atom stereocenters. The molecular weight excluding hydrogens is 217 g/mol. The van der Waals surface area contributed by atoms with E-state index in [0.29, 0.717) is 6.42 Å². The van der Waals surface area contributed by atoms with Crippen LogP contribution in [0.2, 0.25) is 5.31 Å². The van der Waals surface area contributed by atoms with Crippen molar-refractivity contribution in [2.24, 2.45) is 4.99 Å². The third-order valence-electron chi connectivity index (χ3n) is 3.04. The predicted molar refractivity (Wildman–Crippen MR) is 69.3 cm³/mol. The maximum atomic E-state index is 10.4. The van der Waals surface area contributed by atoms with Crippen molar-refractivity contribution in [2.45, 2.75) is 44.0 Å². The molecule has 0 amide bonds. The Balaban J connectivity index is 5.10. The van der Waals surface area contributed by atoms with Crippen molar-refractivity contribution in [2.75, 3.05) is 0 Å². The molecule has 94 valence electrons. The fraction of sp³-hybridized carbons (Fsp3) is 0.583. The van der Waals surface area contributed by atoms with Crippen LogP contribution in [-0.4, -0.2) is 29.3 Å². The highest BCUT2D eigenvalue weighted by molar-refractivity contribution is 6.47. The normalized spacial score (nSPS) is 15.2. The molecule has 0 aromatic carbocycles. The van der Waals surface area contributed by atoms with Crippen LogP contribution in [0.1, 0.15) is 32.6 Å². The molecule has 0 spiro atoms. The van der Waals surface area contributed by atoms with Gasteiger partial charge in [-0.2, -0.15) is 4.99 Å². The van der Waals surface area contributed by atoms with Gasteiger partial charge >= 0.3 is 7.12 Å². The van der Waals surface area contributed by atoms with Crippen molar-refractivity contribution in [1.29, 1.82) is 0 Å². The van der Waals surface area contributed by atoms with Gasteiger partial charge in [-0.3, -0.25) is 0 Å². The first-order valence-electron chi connectivity index (χ1n) is 5.78. The maximum absolute atomic E-state index is 10.4. The van der Waals surface area contributed by atoms with Gasteiger partial charge < -0.3 is 10.0 Å². The molecule has 2 N–H and O–H groups in total. The van der Waals surface area contributed by atoms with E-state index in [-0.39, 0.29) is 0 Å². The van der Waals surface area contributed by atoms with Gasteiger partial charge in [-0.25, -0.2) is 4.79 Å². The summed E-state index contributed by atoms with van der Waals surface area (Å²) in [6.45, 7) is 9.24. The summed E-state index contributed by atoms with van der Waals surface area (Å²) in [7, 11) is -1.63. The molecule has 0 aliphatic rings. The summed E-state index contributed by atoms with van der Waals surface area (Å²) in [6, 6.07) is -0.714. The van der Waals surface area contributed by atoms with Crippen LogP contribution >= 0.6 is 0 Å². The van der Waals surface area contributed by atoms with E-state index in [4.69, 9.17) is 0 Å². The second-order valence-electron chi connectivity index (χ2n) is 4.05. The van der Waals surface area contributed by atoms with Crippen molar-refractivity contribution in [3.05, 3.63) is 25.3 Å². The Morgan fingerprint density at radius 1 is 1.47 bits per heavy atom. The molecule has 0 aliphatic heterocycles. The predicted octanol–water partition coefficient (Wildman–Crippen LogP) is 1.86. The van der Waals surface area contributed by atoms with Crippen LogP contribution in [0.5, 0.6) is 0 Å². The number of rotatable bonds is 9. The van der Waals surface area contributed by atoms with Gasteiger partial charge in [-0.1, -0.05) is 38.3 Å². The average Bonchev–Trinajstić information content (AvgIpc) is 2.32. The van der Waals surface area contributed by atoms with Gasteiger partial charge in [0.1, 0.15) is 0 Å². The van der Waals surface area contributed by atoms with Crippen LogP contribution in [0, 0.1) is 0 Å². The van der Waals surface area contributed by atoms with E-state index < -0.39 is 18.5 Å². The number of hydrogen-bond donors (Lipinski definition) is 2. The lowest BCUT2D eigenvalue weighted by molar-refractivity contribution is 0.332. The molecule has 2 unspecified atom stereocenters. The monoisotopic (exact) mass is 237 g/mol. The van der Waals surface area contributed by atoms with Crippen molar-refractivity contribution < 1.29 is 14.8 Å². The standard InChI is InChI=1S/C12H20BNO3/c1-4-7-8-9-12(6-3,13(16)17)11(5-2)14-10-15/h5-6,11,16-17H,2-4,7-9H2,1H3. The number of carbonyl (C=O) groups excluding carboxylic acids is 1. The summed E-state index contributed by atoms with van der Waals surface area (Å²) in [4.78, 5) is 13.9. The van der Waals surface area contributed by atoms with Crippen LogP contribution in [0.4, 0.5) is 0 Å². The van der Waals surface area contributed by atoms with E-state index in [0.717, 1.165) is 19.3 Å². The van der Waals surface area contributed by atoms with Crippen LogP contribution in [0.15, 0.2) is 30.3 Å². The lowest BCUT2D eigenvalue weighted by Crippen LogP contribution is -2.39. The van der Waals surface area contributed by atoms with E-state index >= 15 is 0 Å². The van der Waals surface area contributed by atoms with Crippen molar-refractivity contribution >= 4 is 13.2 Å². The molecule has 0 saturated carbocycles. The van der Waals surface area contributed by atoms with Crippen LogP contribution in [0.25, 0.3) is 0 Å². The molecule has 0 aliphatic carbocycles. The second-order valence-corrected chi connectivity index (χ2v) is 4.05. The molecule has 0 aromatic heterocycles. The van der Waals surface area contributed by atoms with Gasteiger partial charge in [0.05, 0.1) is 6.04 Å². The van der Waals surface area contributed by atoms with Gasteiger partial charge in [-0.05, 0) is 6.42 Å². The summed E-state index contributed by atoms with van der Waals surface area (Å²) >= 11 is 0. The number of nitrogens with zero attached hydrogens (tertiary/aromatic N) is 1. The van der Waals surface area contributed by atoms with Crippen molar-refractivity contribution in [3.63, 3.8) is 0 Å². The summed E-state index contributed by atoms with van der Waals surface area (Å²) in [5.41, 5.74) is 0. The highest BCUT2D eigenvalue weighted by Gasteiger charge is 2.44. The number of aliphatic imine (C=N–C) groups is 1. The fourth-order valence-electron chi connectivity index (χ4n) is 1.89. The lowest BCUT2D eigenvalue weighted by atomic mass is 9.52. The van der Waals surface area contributed by atoms with Crippen LogP contribution < -0.4 is 0 Å². The van der Waals surface area contributed by atoms with E-state index in [1.165, 1.54) is 18.2 Å². The third kappa shape index (κ3) is 3.97. The number of hydrogen-bond acceptors (Lipinski definition) is 4. The Morgan fingerprint density at radius 3 is 2.47 bits per heavy atom. The summed E-state index contributed by atoms with van der Waals surface area (Å²) in [5.74, 6) is 0. The number of unbranched alkanes of at least 4 members (excludes halogenated alkanes) is 2. The zero-order valence-corrected chi connectivity index (χ0v) is 10.3. The molecule has 0 bridgehead atoms. The molecule has 0 heterocycles. The van der Waals surface area contributed by atoms with Gasteiger partial charge in [0.25, 0.3) is 0 Å². The maximum Gasteiger partial charge on any atom is 0.464 e. The van der Waals surface area contributed by atoms with Gasteiger partial charge in [0, 0.05) is 5.31 Å². The molecule has 0 fully saturated rings. The van der Waals surface area contributed by atoms with Gasteiger partial charge in [-0.15, -0.1) is 13.2 Å². The molecule has 0 radical (unpaired) electrons. The Morgan fingerprint density at radius 2 is 2.12 bits per heavy atom. The molecule has 5 heteroatoms. The van der Waals surface area contributed by atoms with Gasteiger partial charge in [0.2, 0.25) is 6.08 Å². The molecule has 0 rings (SSSR count). The third-order valence-corrected chi connectivity index (χ3v) is 3.04. The number of isocyanates is 1. The Hall–Kier alpha value is -1.16. The van der Waals surface area contributed by atoms with Crippen LogP contribution in [-0.2, 0) is 4.79 Å². The minimum atomic E-state index is -1.63. The zero-order valence-electron chi connectivity index (χ0n) is 10.3. The zero-order chi connectivity index (χ0) is 13.3. The molecule has 17 heavy (non-hydrogen) atoms. The summed E-state index contributed by atoms with van der Waals surface area (Å²) in [6.07, 6.45) is 7.58. The average molecular weight is 237 g/mol. The second kappa shape index (κ2) is 8.01. The highest BCUT2D eigenvalue weighted by atomic mass is 16.4. The van der Waals surface area contributed by atoms with Gasteiger partial charge in [0.15, 0.2) is 0 Å². The minimum Gasteiger partial charge on any atom is -0.426 e. The Kier molecular flexibility index (Phi) is 7.47. The molecular formula is C12H20BNO3. The molecule has 0 aromatic rings. The van der Waals surface area contributed by atoms with E-state index in [1.807, 2.05) is 0 Å². The first-order valence-corrected chi connectivity index (χ1v) is 5.78. The van der Waals surface area contributed by atoms with E-state index in [9.17, 15) is 14.8 Å². The topological polar surface area (TPSA) is 69.9 Å². The highest BCUT2D eigenvalue weighted by Crippen LogP contribution is 2.42. The first kappa shape index (κ1) is 15.8. The largest absolute Gasteiger partial charge is 0.464 e. The minimum absolute atomic E-state index is 0.490. The SMILES string of the molecule is C=CC(N=C=O)C(C=C)(CCCCC)B(O)O. The van der Waals surface area contributed by atoms with Crippen molar-refractivity contribution in [3.8, 4) is 0 Å². The van der Waals surface area contributed by atoms with Crippen LogP contribution in [0.3, 0.4) is 0 Å². The Bertz CT molecular complexity index is 300. The first-order chi connectivity index (χ1) is 8.08. The molecule has 0 saturated heterocycles. The quantitative estimate of drug-likeness (QED) is 0.211. The van der Waals surface area contributed by atoms with E-state index in [1.54, 1.807) is 0 Å². The smallest absolute Gasteiger partial charge is 0.426 e. The summed E-state index contributed by atoms with van der Waals surface area (Å²) in [5, 5.41) is 18.0.